The summed E-state index contributed by atoms with van der Waals surface area (Å²) in [6.45, 7) is 3.45. The Kier molecular flexibility index (Phi) is 5.43. The van der Waals surface area contributed by atoms with Crippen molar-refractivity contribution in [1.29, 1.82) is 0 Å². The second-order valence-corrected chi connectivity index (χ2v) is 4.94. The lowest BCUT2D eigenvalue weighted by atomic mass is 10.1. The molecule has 0 atom stereocenters. The van der Waals surface area contributed by atoms with E-state index >= 15 is 0 Å². The molecule has 1 N–H and O–H groups in total. The van der Waals surface area contributed by atoms with Crippen LogP contribution < -0.4 is 4.74 Å². The Morgan fingerprint density at radius 2 is 2.00 bits per heavy atom. The van der Waals surface area contributed by atoms with Crippen LogP contribution in [0.2, 0.25) is 0 Å². The standard InChI is InChI=1S/C17H21NO3/c1-2-7-16-15(17(19)20)10-12-18(16)11-6-13-21-14-8-4-3-5-9-14/h3-5,8-10,12H,2,6-7,11,13H2,1H3,(H,19,20). The van der Waals surface area contributed by atoms with Gasteiger partial charge in [-0.05, 0) is 31.0 Å². The van der Waals surface area contributed by atoms with Gasteiger partial charge in [0.15, 0.2) is 0 Å². The predicted octanol–water partition coefficient (Wildman–Crippen LogP) is 3.61. The molecule has 0 aliphatic heterocycles. The molecule has 0 amide bonds. The predicted molar refractivity (Wildman–Crippen MR) is 81.9 cm³/mol. The van der Waals surface area contributed by atoms with E-state index in [9.17, 15) is 9.90 Å². The summed E-state index contributed by atoms with van der Waals surface area (Å²) < 4.78 is 7.68. The highest BCUT2D eigenvalue weighted by Gasteiger charge is 2.13. The summed E-state index contributed by atoms with van der Waals surface area (Å²) in [5.74, 6) is 0.0164. The van der Waals surface area contributed by atoms with Crippen LogP contribution in [0.4, 0.5) is 0 Å². The summed E-state index contributed by atoms with van der Waals surface area (Å²) in [7, 11) is 0. The van der Waals surface area contributed by atoms with Crippen molar-refractivity contribution >= 4 is 5.97 Å². The lowest BCUT2D eigenvalue weighted by Gasteiger charge is -2.10. The van der Waals surface area contributed by atoms with Gasteiger partial charge in [0.1, 0.15) is 5.75 Å². The molecule has 1 aromatic carbocycles. The van der Waals surface area contributed by atoms with Crippen molar-refractivity contribution in [3.8, 4) is 5.75 Å². The van der Waals surface area contributed by atoms with Gasteiger partial charge in [-0.25, -0.2) is 4.79 Å². The van der Waals surface area contributed by atoms with Crippen molar-refractivity contribution in [2.24, 2.45) is 0 Å². The highest BCUT2D eigenvalue weighted by molar-refractivity contribution is 5.89. The van der Waals surface area contributed by atoms with Gasteiger partial charge in [0, 0.05) is 18.4 Å². The van der Waals surface area contributed by atoms with Crippen molar-refractivity contribution in [3.05, 3.63) is 53.9 Å². The third-order valence-electron chi connectivity index (χ3n) is 3.35. The first-order chi connectivity index (χ1) is 10.2. The first-order valence-electron chi connectivity index (χ1n) is 7.31. The molecule has 2 rings (SSSR count). The molecule has 1 heterocycles. The average molecular weight is 287 g/mol. The van der Waals surface area contributed by atoms with E-state index in [1.807, 2.05) is 41.1 Å². The smallest absolute Gasteiger partial charge is 0.337 e. The van der Waals surface area contributed by atoms with Crippen LogP contribution in [-0.2, 0) is 13.0 Å². The molecule has 0 aliphatic carbocycles. The van der Waals surface area contributed by atoms with Crippen molar-refractivity contribution in [2.45, 2.75) is 32.7 Å². The summed E-state index contributed by atoms with van der Waals surface area (Å²) in [5.41, 5.74) is 1.32. The van der Waals surface area contributed by atoms with E-state index in [0.29, 0.717) is 12.2 Å². The molecule has 1 aromatic heterocycles. The number of aryl methyl sites for hydroxylation is 1. The summed E-state index contributed by atoms with van der Waals surface area (Å²) in [4.78, 5) is 11.2. The van der Waals surface area contributed by atoms with E-state index in [1.165, 1.54) is 0 Å². The molecule has 0 spiro atoms. The Morgan fingerprint density at radius 1 is 1.24 bits per heavy atom. The number of nitrogens with zero attached hydrogens (tertiary/aromatic N) is 1. The number of carbonyl (C=O) groups is 1. The number of carboxylic acid groups (broad SMARTS) is 1. The molecule has 0 bridgehead atoms. The molecule has 2 aromatic rings. The molecule has 4 heteroatoms. The molecule has 4 nitrogen and oxygen atoms in total. The maximum atomic E-state index is 11.2. The summed E-state index contributed by atoms with van der Waals surface area (Å²) in [5, 5.41) is 9.19. The SMILES string of the molecule is CCCc1c(C(=O)O)ccn1CCCOc1ccccc1. The lowest BCUT2D eigenvalue weighted by Crippen LogP contribution is -2.09. The molecule has 0 saturated carbocycles. The van der Waals surface area contributed by atoms with E-state index in [4.69, 9.17) is 4.74 Å². The van der Waals surface area contributed by atoms with Crippen LogP contribution in [0.1, 0.15) is 35.8 Å². The van der Waals surface area contributed by atoms with Crippen LogP contribution in [0.5, 0.6) is 5.75 Å². The minimum atomic E-state index is -0.849. The zero-order valence-corrected chi connectivity index (χ0v) is 12.3. The molecular weight excluding hydrogens is 266 g/mol. The number of ether oxygens (including phenoxy) is 1. The third kappa shape index (κ3) is 4.12. The monoisotopic (exact) mass is 287 g/mol. The number of benzene rings is 1. The summed E-state index contributed by atoms with van der Waals surface area (Å²) >= 11 is 0. The lowest BCUT2D eigenvalue weighted by molar-refractivity contribution is 0.0695. The largest absolute Gasteiger partial charge is 0.494 e. The fourth-order valence-corrected chi connectivity index (χ4v) is 2.37. The molecule has 112 valence electrons. The Hall–Kier alpha value is -2.23. The van der Waals surface area contributed by atoms with Gasteiger partial charge in [-0.15, -0.1) is 0 Å². The number of aromatic nitrogens is 1. The number of hydrogen-bond donors (Lipinski definition) is 1. The van der Waals surface area contributed by atoms with Crippen LogP contribution >= 0.6 is 0 Å². The molecule has 0 radical (unpaired) electrons. The Balaban J connectivity index is 1.89. The van der Waals surface area contributed by atoms with Gasteiger partial charge in [0.05, 0.1) is 12.2 Å². The van der Waals surface area contributed by atoms with Gasteiger partial charge in [-0.2, -0.15) is 0 Å². The van der Waals surface area contributed by atoms with Crippen LogP contribution in [0.15, 0.2) is 42.6 Å². The van der Waals surface area contributed by atoms with Gasteiger partial charge < -0.3 is 14.4 Å². The second kappa shape index (κ2) is 7.53. The number of rotatable bonds is 8. The summed E-state index contributed by atoms with van der Waals surface area (Å²) in [6.07, 6.45) is 4.43. The Labute approximate surface area is 125 Å². The van der Waals surface area contributed by atoms with Crippen molar-refractivity contribution < 1.29 is 14.6 Å². The maximum Gasteiger partial charge on any atom is 0.337 e. The zero-order chi connectivity index (χ0) is 15.1. The molecular formula is C17H21NO3. The number of hydrogen-bond acceptors (Lipinski definition) is 2. The van der Waals surface area contributed by atoms with Crippen LogP contribution in [0, 0.1) is 0 Å². The van der Waals surface area contributed by atoms with Crippen LogP contribution in [0.25, 0.3) is 0 Å². The topological polar surface area (TPSA) is 51.5 Å². The fraction of sp³-hybridized carbons (Fsp3) is 0.353. The molecule has 0 aliphatic rings. The molecule has 21 heavy (non-hydrogen) atoms. The number of para-hydroxylation sites is 1. The number of aromatic carboxylic acids is 1. The Bertz CT molecular complexity index is 575. The third-order valence-corrected chi connectivity index (χ3v) is 3.35. The van der Waals surface area contributed by atoms with Crippen molar-refractivity contribution in [2.75, 3.05) is 6.61 Å². The van der Waals surface area contributed by atoms with E-state index in [0.717, 1.165) is 37.3 Å². The van der Waals surface area contributed by atoms with Crippen LogP contribution in [0.3, 0.4) is 0 Å². The highest BCUT2D eigenvalue weighted by Crippen LogP contribution is 2.15. The van der Waals surface area contributed by atoms with Gasteiger partial charge in [-0.3, -0.25) is 0 Å². The van der Waals surface area contributed by atoms with E-state index in [-0.39, 0.29) is 0 Å². The quantitative estimate of drug-likeness (QED) is 0.755. The first kappa shape index (κ1) is 15.2. The van der Waals surface area contributed by atoms with Crippen LogP contribution in [-0.4, -0.2) is 22.2 Å². The second-order valence-electron chi connectivity index (χ2n) is 4.94. The highest BCUT2D eigenvalue weighted by atomic mass is 16.5. The zero-order valence-electron chi connectivity index (χ0n) is 12.3. The Morgan fingerprint density at radius 3 is 2.67 bits per heavy atom. The maximum absolute atomic E-state index is 11.2. The van der Waals surface area contributed by atoms with Crippen molar-refractivity contribution in [3.63, 3.8) is 0 Å². The summed E-state index contributed by atoms with van der Waals surface area (Å²) in [6, 6.07) is 11.4. The van der Waals surface area contributed by atoms with Crippen molar-refractivity contribution in [1.82, 2.24) is 4.57 Å². The number of carboxylic acids is 1. The first-order valence-corrected chi connectivity index (χ1v) is 7.31. The van der Waals surface area contributed by atoms with E-state index in [1.54, 1.807) is 6.07 Å². The molecule has 0 unspecified atom stereocenters. The van der Waals surface area contributed by atoms with E-state index in [2.05, 4.69) is 6.92 Å². The molecule has 0 fully saturated rings. The van der Waals surface area contributed by atoms with Gasteiger partial charge in [0.25, 0.3) is 0 Å². The normalized spacial score (nSPS) is 10.5. The minimum absolute atomic E-state index is 0.417. The van der Waals surface area contributed by atoms with Gasteiger partial charge in [-0.1, -0.05) is 31.5 Å². The molecule has 0 saturated heterocycles. The fourth-order valence-electron chi connectivity index (χ4n) is 2.37. The van der Waals surface area contributed by atoms with Gasteiger partial charge in [0.2, 0.25) is 0 Å². The van der Waals surface area contributed by atoms with Gasteiger partial charge >= 0.3 is 5.97 Å². The van der Waals surface area contributed by atoms with E-state index < -0.39 is 5.97 Å². The minimum Gasteiger partial charge on any atom is -0.494 e. The average Bonchev–Trinajstić information content (AvgIpc) is 2.88.